The molecular weight excluding hydrogens is 276 g/mol. The summed E-state index contributed by atoms with van der Waals surface area (Å²) < 4.78 is 0. The second-order valence-electron chi connectivity index (χ2n) is 6.28. The maximum absolute atomic E-state index is 2.29. The Balaban J connectivity index is 1.92. The third kappa shape index (κ3) is 2.51. The Kier molecular flexibility index (Phi) is 3.59. The quantitative estimate of drug-likeness (QED) is 0.569. The summed E-state index contributed by atoms with van der Waals surface area (Å²) in [6.45, 7) is 2.29. The molecular formula is C23H20. The first-order chi connectivity index (χ1) is 11.3. The minimum Gasteiger partial charge on any atom is -0.0641 e. The van der Waals surface area contributed by atoms with Crippen molar-refractivity contribution in [3.05, 3.63) is 113 Å². The van der Waals surface area contributed by atoms with E-state index in [4.69, 9.17) is 0 Å². The average Bonchev–Trinajstić information content (AvgIpc) is 2.94. The minimum atomic E-state index is 0.307. The summed E-state index contributed by atoms with van der Waals surface area (Å²) in [5, 5.41) is 0. The molecule has 0 heterocycles. The number of fused-ring (bicyclic) bond motifs is 1. The van der Waals surface area contributed by atoms with Gasteiger partial charge in [0, 0.05) is 5.92 Å². The van der Waals surface area contributed by atoms with Gasteiger partial charge in [-0.15, -0.1) is 0 Å². The zero-order valence-electron chi connectivity index (χ0n) is 13.4. The highest BCUT2D eigenvalue weighted by molar-refractivity contribution is 5.82. The molecule has 1 aliphatic rings. The van der Waals surface area contributed by atoms with Gasteiger partial charge >= 0.3 is 0 Å². The Morgan fingerprint density at radius 2 is 1.17 bits per heavy atom. The van der Waals surface area contributed by atoms with Gasteiger partial charge in [-0.05, 0) is 41.2 Å². The third-order valence-corrected chi connectivity index (χ3v) is 4.78. The summed E-state index contributed by atoms with van der Waals surface area (Å²) in [5.41, 5.74) is 8.58. The van der Waals surface area contributed by atoms with Crippen LogP contribution in [0.25, 0.3) is 5.57 Å². The van der Waals surface area contributed by atoms with Crippen LogP contribution in [-0.2, 0) is 6.42 Å². The molecule has 3 aromatic rings. The summed E-state index contributed by atoms with van der Waals surface area (Å²) in [5.74, 6) is 0.307. The molecule has 0 amide bonds. The molecule has 0 atom stereocenters. The topological polar surface area (TPSA) is 0 Å². The van der Waals surface area contributed by atoms with Crippen molar-refractivity contribution in [2.75, 3.05) is 0 Å². The summed E-state index contributed by atoms with van der Waals surface area (Å²) in [7, 11) is 0. The van der Waals surface area contributed by atoms with E-state index in [2.05, 4.69) is 91.9 Å². The van der Waals surface area contributed by atoms with Crippen molar-refractivity contribution in [1.82, 2.24) is 0 Å². The lowest BCUT2D eigenvalue weighted by Gasteiger charge is -2.22. The van der Waals surface area contributed by atoms with Crippen LogP contribution in [0.1, 0.15) is 35.1 Å². The van der Waals surface area contributed by atoms with Crippen LogP contribution in [0, 0.1) is 0 Å². The number of allylic oxidation sites excluding steroid dienone is 2. The monoisotopic (exact) mass is 296 g/mol. The van der Waals surface area contributed by atoms with Crippen molar-refractivity contribution in [2.24, 2.45) is 0 Å². The smallest absolute Gasteiger partial charge is 0.0345 e. The molecule has 0 radical (unpaired) electrons. The first kappa shape index (κ1) is 14.0. The van der Waals surface area contributed by atoms with E-state index < -0.39 is 0 Å². The Morgan fingerprint density at radius 1 is 0.652 bits per heavy atom. The van der Waals surface area contributed by atoms with Crippen LogP contribution in [0.4, 0.5) is 0 Å². The maximum Gasteiger partial charge on any atom is 0.0345 e. The fraction of sp³-hybridized carbons (Fsp3) is 0.130. The Morgan fingerprint density at radius 3 is 1.78 bits per heavy atom. The van der Waals surface area contributed by atoms with Crippen molar-refractivity contribution in [2.45, 2.75) is 19.3 Å². The van der Waals surface area contributed by atoms with E-state index in [9.17, 15) is 0 Å². The Hall–Kier alpha value is -2.60. The lowest BCUT2D eigenvalue weighted by Crippen LogP contribution is -2.04. The van der Waals surface area contributed by atoms with Crippen LogP contribution in [0.3, 0.4) is 0 Å². The summed E-state index contributed by atoms with van der Waals surface area (Å²) in [6.07, 6.45) is 1.07. The molecule has 0 aromatic heterocycles. The van der Waals surface area contributed by atoms with E-state index in [1.165, 1.54) is 33.4 Å². The molecule has 4 rings (SSSR count). The third-order valence-electron chi connectivity index (χ3n) is 4.78. The van der Waals surface area contributed by atoms with Crippen molar-refractivity contribution in [3.63, 3.8) is 0 Å². The zero-order valence-corrected chi connectivity index (χ0v) is 13.4. The van der Waals surface area contributed by atoms with E-state index in [0.29, 0.717) is 5.92 Å². The molecule has 3 aromatic carbocycles. The molecule has 112 valence electrons. The zero-order chi connectivity index (χ0) is 15.6. The van der Waals surface area contributed by atoms with Gasteiger partial charge in [0.2, 0.25) is 0 Å². The van der Waals surface area contributed by atoms with Crippen LogP contribution in [0.2, 0.25) is 0 Å². The van der Waals surface area contributed by atoms with Crippen molar-refractivity contribution in [3.8, 4) is 0 Å². The van der Waals surface area contributed by atoms with E-state index in [1.54, 1.807) is 0 Å². The number of benzene rings is 3. The van der Waals surface area contributed by atoms with Crippen molar-refractivity contribution < 1.29 is 0 Å². The lowest BCUT2D eigenvalue weighted by molar-refractivity contribution is 1.04. The number of rotatable bonds is 3. The first-order valence-electron chi connectivity index (χ1n) is 8.22. The van der Waals surface area contributed by atoms with Crippen molar-refractivity contribution in [1.29, 1.82) is 0 Å². The fourth-order valence-corrected chi connectivity index (χ4v) is 3.77. The Labute approximate surface area is 138 Å². The molecule has 0 saturated carbocycles. The van der Waals surface area contributed by atoms with Gasteiger partial charge in [0.25, 0.3) is 0 Å². The summed E-state index contributed by atoms with van der Waals surface area (Å²) in [4.78, 5) is 0. The van der Waals surface area contributed by atoms with Gasteiger partial charge < -0.3 is 0 Å². The second kappa shape index (κ2) is 5.89. The molecule has 0 nitrogen and oxygen atoms in total. The van der Waals surface area contributed by atoms with Gasteiger partial charge in [-0.2, -0.15) is 0 Å². The van der Waals surface area contributed by atoms with Crippen LogP contribution in [-0.4, -0.2) is 0 Å². The minimum absolute atomic E-state index is 0.307. The highest BCUT2D eigenvalue weighted by Crippen LogP contribution is 2.45. The SMILES string of the molecule is CC1=C(C(c2ccccc2)c2ccccc2)c2ccccc2C1. The van der Waals surface area contributed by atoms with Gasteiger partial charge in [0.1, 0.15) is 0 Å². The number of hydrogen-bond donors (Lipinski definition) is 0. The van der Waals surface area contributed by atoms with Crippen LogP contribution >= 0.6 is 0 Å². The first-order valence-corrected chi connectivity index (χ1v) is 8.22. The molecule has 0 N–H and O–H groups in total. The fourth-order valence-electron chi connectivity index (χ4n) is 3.77. The van der Waals surface area contributed by atoms with Gasteiger partial charge in [-0.3, -0.25) is 0 Å². The standard InChI is InChI=1S/C23H20/c1-17-16-20-14-8-9-15-21(20)22(17)23(18-10-4-2-5-11-18)19-12-6-3-7-13-19/h2-15,23H,16H2,1H3. The van der Waals surface area contributed by atoms with E-state index in [1.807, 2.05) is 0 Å². The van der Waals surface area contributed by atoms with Crippen molar-refractivity contribution >= 4 is 5.57 Å². The molecule has 0 bridgehead atoms. The normalized spacial score (nSPS) is 13.5. The highest BCUT2D eigenvalue weighted by Gasteiger charge is 2.27. The predicted molar refractivity (Wildman–Crippen MR) is 97.5 cm³/mol. The van der Waals surface area contributed by atoms with E-state index in [-0.39, 0.29) is 0 Å². The van der Waals surface area contributed by atoms with E-state index >= 15 is 0 Å². The van der Waals surface area contributed by atoms with Gasteiger partial charge in [0.05, 0.1) is 0 Å². The lowest BCUT2D eigenvalue weighted by atomic mass is 9.81. The molecule has 0 unspecified atom stereocenters. The van der Waals surface area contributed by atoms with Gasteiger partial charge in [-0.25, -0.2) is 0 Å². The van der Waals surface area contributed by atoms with Crippen LogP contribution in [0.5, 0.6) is 0 Å². The molecule has 0 spiro atoms. The average molecular weight is 296 g/mol. The van der Waals surface area contributed by atoms with Crippen LogP contribution in [0.15, 0.2) is 90.5 Å². The Bertz CT molecular complexity index is 802. The summed E-state index contributed by atoms with van der Waals surface area (Å²) >= 11 is 0. The highest BCUT2D eigenvalue weighted by atomic mass is 14.3. The van der Waals surface area contributed by atoms with Crippen LogP contribution < -0.4 is 0 Å². The molecule has 0 saturated heterocycles. The summed E-state index contributed by atoms with van der Waals surface area (Å²) in [6, 6.07) is 30.6. The number of hydrogen-bond acceptors (Lipinski definition) is 0. The van der Waals surface area contributed by atoms with E-state index in [0.717, 1.165) is 6.42 Å². The van der Waals surface area contributed by atoms with Gasteiger partial charge in [-0.1, -0.05) is 90.5 Å². The molecule has 0 aliphatic heterocycles. The molecule has 23 heavy (non-hydrogen) atoms. The molecule has 1 aliphatic carbocycles. The largest absolute Gasteiger partial charge is 0.0641 e. The second-order valence-corrected chi connectivity index (χ2v) is 6.28. The predicted octanol–water partition coefficient (Wildman–Crippen LogP) is 5.85. The van der Waals surface area contributed by atoms with Gasteiger partial charge in [0.15, 0.2) is 0 Å². The maximum atomic E-state index is 2.29. The molecule has 0 heteroatoms. The molecule has 0 fully saturated rings.